The first-order chi connectivity index (χ1) is 14.2. The van der Waals surface area contributed by atoms with Crippen LogP contribution in [-0.4, -0.2) is 28.9 Å². The van der Waals surface area contributed by atoms with Crippen LogP contribution in [0.2, 0.25) is 0 Å². The number of fused-ring (bicyclic) bond motifs is 1. The van der Waals surface area contributed by atoms with E-state index in [0.29, 0.717) is 0 Å². The number of unbranched alkanes of at least 4 members (excludes halogenated alkanes) is 1. The molecule has 0 radical (unpaired) electrons. The Morgan fingerprint density at radius 2 is 1.79 bits per heavy atom. The van der Waals surface area contributed by atoms with Crippen molar-refractivity contribution in [2.75, 3.05) is 28.2 Å². The van der Waals surface area contributed by atoms with Gasteiger partial charge in [-0.15, -0.1) is 0 Å². The van der Waals surface area contributed by atoms with Crippen molar-refractivity contribution in [3.05, 3.63) is 30.5 Å². The van der Waals surface area contributed by atoms with E-state index in [1.807, 2.05) is 18.3 Å². The standard InChI is InChI=1S/C24H34IN3O/c1-28(17-11-10-16-25)23-20-14-8-9-15-21(20)26-18-22(23)27-24(29)19-12-6-4-2-3-5-7-13-19/h8-9,14-15,18-19H,2-7,10-13,16-17H2,1H3,(H,27,29). The highest BCUT2D eigenvalue weighted by atomic mass is 127. The summed E-state index contributed by atoms with van der Waals surface area (Å²) in [6, 6.07) is 8.23. The SMILES string of the molecule is CN(CCCCI)c1c(NC(=O)C2CCCCCCCC2)cnc2ccccc12. The minimum absolute atomic E-state index is 0.122. The van der Waals surface area contributed by atoms with Crippen molar-refractivity contribution in [3.8, 4) is 0 Å². The number of pyridine rings is 1. The van der Waals surface area contributed by atoms with Crippen LogP contribution in [0, 0.1) is 5.92 Å². The number of alkyl halides is 1. The van der Waals surface area contributed by atoms with Gasteiger partial charge in [0.1, 0.15) is 0 Å². The lowest BCUT2D eigenvalue weighted by Crippen LogP contribution is -2.26. The van der Waals surface area contributed by atoms with Gasteiger partial charge in [0.25, 0.3) is 0 Å². The topological polar surface area (TPSA) is 45.2 Å². The van der Waals surface area contributed by atoms with Gasteiger partial charge in [0.05, 0.1) is 23.1 Å². The van der Waals surface area contributed by atoms with Crippen molar-refractivity contribution in [2.24, 2.45) is 5.92 Å². The number of nitrogens with one attached hydrogen (secondary N) is 1. The Kier molecular flexibility index (Phi) is 9.02. The van der Waals surface area contributed by atoms with Crippen molar-refractivity contribution in [1.82, 2.24) is 4.98 Å². The molecule has 1 heterocycles. The Hall–Kier alpha value is -1.37. The summed E-state index contributed by atoms with van der Waals surface area (Å²) >= 11 is 2.43. The highest BCUT2D eigenvalue weighted by Crippen LogP contribution is 2.34. The maximum atomic E-state index is 13.2. The molecule has 0 saturated heterocycles. The van der Waals surface area contributed by atoms with Gasteiger partial charge in [0.2, 0.25) is 5.91 Å². The van der Waals surface area contributed by atoms with Crippen LogP contribution in [0.15, 0.2) is 30.5 Å². The maximum Gasteiger partial charge on any atom is 0.227 e. The summed E-state index contributed by atoms with van der Waals surface area (Å²) in [4.78, 5) is 20.1. The summed E-state index contributed by atoms with van der Waals surface area (Å²) in [7, 11) is 2.13. The third-order valence-electron chi connectivity index (χ3n) is 5.99. The molecular formula is C24H34IN3O. The predicted molar refractivity (Wildman–Crippen MR) is 132 cm³/mol. The van der Waals surface area contributed by atoms with Crippen LogP contribution in [0.25, 0.3) is 10.9 Å². The fourth-order valence-corrected chi connectivity index (χ4v) is 4.85. The molecule has 0 aliphatic heterocycles. The van der Waals surface area contributed by atoms with Gasteiger partial charge < -0.3 is 10.2 Å². The molecule has 2 aromatic rings. The first kappa shape index (κ1) is 22.3. The molecule has 4 nitrogen and oxygen atoms in total. The van der Waals surface area contributed by atoms with Gasteiger partial charge in [-0.1, -0.05) is 79.3 Å². The molecular weight excluding hydrogens is 473 g/mol. The monoisotopic (exact) mass is 507 g/mol. The summed E-state index contributed by atoms with van der Waals surface area (Å²) in [5.41, 5.74) is 2.93. The van der Waals surface area contributed by atoms with Crippen LogP contribution in [0.4, 0.5) is 11.4 Å². The van der Waals surface area contributed by atoms with Crippen molar-refractivity contribution in [1.29, 1.82) is 0 Å². The zero-order valence-electron chi connectivity index (χ0n) is 17.6. The number of halogens is 1. The Morgan fingerprint density at radius 3 is 2.52 bits per heavy atom. The second-order valence-electron chi connectivity index (χ2n) is 8.24. The van der Waals surface area contributed by atoms with E-state index in [-0.39, 0.29) is 11.8 Å². The van der Waals surface area contributed by atoms with Gasteiger partial charge in [-0.25, -0.2) is 0 Å². The minimum atomic E-state index is 0.122. The van der Waals surface area contributed by atoms with E-state index in [0.717, 1.165) is 60.9 Å². The van der Waals surface area contributed by atoms with E-state index in [4.69, 9.17) is 0 Å². The lowest BCUT2D eigenvalue weighted by molar-refractivity contribution is -0.120. The summed E-state index contributed by atoms with van der Waals surface area (Å²) in [6.45, 7) is 0.976. The molecule has 1 N–H and O–H groups in total. The average Bonchev–Trinajstić information content (AvgIpc) is 2.87. The van der Waals surface area contributed by atoms with E-state index < -0.39 is 0 Å². The number of carbonyl (C=O) groups excluding carboxylic acids is 1. The normalized spacial score (nSPS) is 16.1. The first-order valence-corrected chi connectivity index (χ1v) is 12.7. The van der Waals surface area contributed by atoms with E-state index in [9.17, 15) is 4.79 Å². The van der Waals surface area contributed by atoms with Crippen LogP contribution in [0.1, 0.15) is 64.2 Å². The Balaban J connectivity index is 1.83. The second kappa shape index (κ2) is 11.7. The van der Waals surface area contributed by atoms with Crippen LogP contribution >= 0.6 is 22.6 Å². The van der Waals surface area contributed by atoms with Gasteiger partial charge in [-0.05, 0) is 36.2 Å². The van der Waals surface area contributed by atoms with Crippen molar-refractivity contribution >= 4 is 50.8 Å². The molecule has 1 fully saturated rings. The van der Waals surface area contributed by atoms with Crippen molar-refractivity contribution < 1.29 is 4.79 Å². The van der Waals surface area contributed by atoms with Gasteiger partial charge in [-0.2, -0.15) is 0 Å². The molecule has 29 heavy (non-hydrogen) atoms. The first-order valence-electron chi connectivity index (χ1n) is 11.2. The Bertz CT molecular complexity index is 785. The van der Waals surface area contributed by atoms with Crippen LogP contribution in [0.5, 0.6) is 0 Å². The summed E-state index contributed by atoms with van der Waals surface area (Å²) in [5.74, 6) is 0.294. The maximum absolute atomic E-state index is 13.2. The fraction of sp³-hybridized carbons (Fsp3) is 0.583. The molecule has 1 aromatic heterocycles. The number of hydrogen-bond acceptors (Lipinski definition) is 3. The van der Waals surface area contributed by atoms with Crippen LogP contribution in [0.3, 0.4) is 0 Å². The largest absolute Gasteiger partial charge is 0.372 e. The third-order valence-corrected chi connectivity index (χ3v) is 6.75. The molecule has 1 aliphatic rings. The number of carbonyl (C=O) groups is 1. The van der Waals surface area contributed by atoms with Gasteiger partial charge in [0.15, 0.2) is 0 Å². The average molecular weight is 507 g/mol. The van der Waals surface area contributed by atoms with Crippen LogP contribution < -0.4 is 10.2 Å². The number of para-hydroxylation sites is 1. The molecule has 1 amide bonds. The number of aromatic nitrogens is 1. The number of rotatable bonds is 7. The highest BCUT2D eigenvalue weighted by molar-refractivity contribution is 14.1. The Morgan fingerprint density at radius 1 is 1.10 bits per heavy atom. The lowest BCUT2D eigenvalue weighted by Gasteiger charge is -2.25. The highest BCUT2D eigenvalue weighted by Gasteiger charge is 2.21. The molecule has 1 aliphatic carbocycles. The van der Waals surface area contributed by atoms with E-state index in [1.54, 1.807) is 0 Å². The number of anilines is 2. The second-order valence-corrected chi connectivity index (χ2v) is 9.32. The zero-order chi connectivity index (χ0) is 20.5. The lowest BCUT2D eigenvalue weighted by atomic mass is 9.96. The quantitative estimate of drug-likeness (QED) is 0.262. The zero-order valence-corrected chi connectivity index (χ0v) is 19.8. The molecule has 0 unspecified atom stereocenters. The van der Waals surface area contributed by atoms with E-state index in [2.05, 4.69) is 57.0 Å². The third kappa shape index (κ3) is 6.30. The summed E-state index contributed by atoms with van der Waals surface area (Å²) < 4.78 is 1.17. The van der Waals surface area contributed by atoms with Gasteiger partial charge >= 0.3 is 0 Å². The molecule has 0 bridgehead atoms. The van der Waals surface area contributed by atoms with Crippen molar-refractivity contribution in [2.45, 2.75) is 64.2 Å². The fourth-order valence-electron chi connectivity index (χ4n) is 4.31. The number of amides is 1. The number of benzene rings is 1. The minimum Gasteiger partial charge on any atom is -0.372 e. The van der Waals surface area contributed by atoms with E-state index >= 15 is 0 Å². The van der Waals surface area contributed by atoms with E-state index in [1.165, 1.54) is 36.5 Å². The molecule has 1 saturated carbocycles. The number of nitrogens with zero attached hydrogens (tertiary/aromatic N) is 2. The molecule has 1 aromatic carbocycles. The molecule has 158 valence electrons. The molecule has 0 atom stereocenters. The molecule has 3 rings (SSSR count). The van der Waals surface area contributed by atoms with Gasteiger partial charge in [0, 0.05) is 24.9 Å². The molecule has 5 heteroatoms. The summed E-state index contributed by atoms with van der Waals surface area (Å²) in [5, 5.41) is 4.38. The summed E-state index contributed by atoms with van der Waals surface area (Å²) in [6.07, 6.45) is 13.7. The molecule has 0 spiro atoms. The smallest absolute Gasteiger partial charge is 0.227 e. The predicted octanol–water partition coefficient (Wildman–Crippen LogP) is 6.58. The van der Waals surface area contributed by atoms with Gasteiger partial charge in [-0.3, -0.25) is 9.78 Å². The van der Waals surface area contributed by atoms with Crippen molar-refractivity contribution in [3.63, 3.8) is 0 Å². The van der Waals surface area contributed by atoms with Crippen LogP contribution in [-0.2, 0) is 4.79 Å². The number of hydrogen-bond donors (Lipinski definition) is 1. The Labute approximate surface area is 189 Å².